The van der Waals surface area contributed by atoms with Crippen molar-refractivity contribution in [2.75, 3.05) is 7.11 Å². The van der Waals surface area contributed by atoms with Crippen LogP contribution in [0.2, 0.25) is 0 Å². The number of hydrogen-bond donors (Lipinski definition) is 1. The van der Waals surface area contributed by atoms with E-state index in [9.17, 15) is 4.79 Å². The summed E-state index contributed by atoms with van der Waals surface area (Å²) in [5.41, 5.74) is 0.755. The number of hydrogen-bond acceptors (Lipinski definition) is 4. The minimum absolute atomic E-state index is 0.103. The average Bonchev–Trinajstić information content (AvgIpc) is 2.73. The highest BCUT2D eigenvalue weighted by Gasteiger charge is 2.39. The number of benzene rings is 2. The zero-order valence-electron chi connectivity index (χ0n) is 17.0. The Morgan fingerprint density at radius 1 is 1.18 bits per heavy atom. The van der Waals surface area contributed by atoms with Crippen molar-refractivity contribution in [2.45, 2.75) is 57.8 Å². The zero-order valence-corrected chi connectivity index (χ0v) is 17.0. The second kappa shape index (κ2) is 8.55. The van der Waals surface area contributed by atoms with Gasteiger partial charge in [-0.05, 0) is 38.0 Å². The van der Waals surface area contributed by atoms with Crippen molar-refractivity contribution >= 4 is 5.91 Å². The SMILES string of the molecule is CCC1(CC)CC(NC(=O)C(C)Oc2cccc(OC)c2)c2ccccc2O1. The molecule has 5 nitrogen and oxygen atoms in total. The maximum atomic E-state index is 12.9. The largest absolute Gasteiger partial charge is 0.497 e. The van der Waals surface area contributed by atoms with Gasteiger partial charge in [0.25, 0.3) is 5.91 Å². The monoisotopic (exact) mass is 383 g/mol. The van der Waals surface area contributed by atoms with E-state index in [-0.39, 0.29) is 17.6 Å². The molecule has 0 saturated heterocycles. The highest BCUT2D eigenvalue weighted by Crippen LogP contribution is 2.42. The van der Waals surface area contributed by atoms with Gasteiger partial charge in [0.15, 0.2) is 6.10 Å². The molecule has 0 fully saturated rings. The van der Waals surface area contributed by atoms with Crippen LogP contribution < -0.4 is 19.5 Å². The number of ether oxygens (including phenoxy) is 3. The third-order valence-electron chi connectivity index (χ3n) is 5.53. The van der Waals surface area contributed by atoms with Crippen LogP contribution in [0.4, 0.5) is 0 Å². The van der Waals surface area contributed by atoms with Crippen molar-refractivity contribution in [3.05, 3.63) is 54.1 Å². The predicted molar refractivity (Wildman–Crippen MR) is 109 cm³/mol. The third kappa shape index (κ3) is 4.24. The maximum Gasteiger partial charge on any atom is 0.261 e. The van der Waals surface area contributed by atoms with Crippen molar-refractivity contribution < 1.29 is 19.0 Å². The number of methoxy groups -OCH3 is 1. The molecule has 2 unspecified atom stereocenters. The van der Waals surface area contributed by atoms with Crippen LogP contribution in [0.1, 0.15) is 51.6 Å². The topological polar surface area (TPSA) is 56.8 Å². The van der Waals surface area contributed by atoms with Crippen LogP contribution in [-0.2, 0) is 4.79 Å². The Bertz CT molecular complexity index is 816. The maximum absolute atomic E-state index is 12.9. The molecule has 0 spiro atoms. The standard InChI is InChI=1S/C23H29NO4/c1-5-23(6-2)15-20(19-12-7-8-13-21(19)28-23)24-22(25)16(3)27-18-11-9-10-17(14-18)26-4/h7-14,16,20H,5-6,15H2,1-4H3,(H,24,25). The van der Waals surface area contributed by atoms with Gasteiger partial charge in [-0.15, -0.1) is 0 Å². The Labute approximate surface area is 167 Å². The summed E-state index contributed by atoms with van der Waals surface area (Å²) >= 11 is 0. The number of para-hydroxylation sites is 1. The predicted octanol–water partition coefficient (Wildman–Crippen LogP) is 4.66. The summed E-state index contributed by atoms with van der Waals surface area (Å²) in [7, 11) is 1.60. The molecule has 0 bridgehead atoms. The molecule has 5 heteroatoms. The number of carbonyl (C=O) groups excluding carboxylic acids is 1. The summed E-state index contributed by atoms with van der Waals surface area (Å²) in [6.45, 7) is 6.02. The smallest absolute Gasteiger partial charge is 0.261 e. The first-order valence-electron chi connectivity index (χ1n) is 9.89. The fourth-order valence-corrected chi connectivity index (χ4v) is 3.65. The van der Waals surface area contributed by atoms with E-state index >= 15 is 0 Å². The summed E-state index contributed by atoms with van der Waals surface area (Å²) in [5.74, 6) is 2.00. The van der Waals surface area contributed by atoms with Gasteiger partial charge in [0.2, 0.25) is 0 Å². The van der Waals surface area contributed by atoms with Gasteiger partial charge in [-0.1, -0.05) is 38.1 Å². The van der Waals surface area contributed by atoms with E-state index in [4.69, 9.17) is 14.2 Å². The lowest BCUT2D eigenvalue weighted by Gasteiger charge is -2.41. The number of rotatable bonds is 7. The molecule has 2 aromatic carbocycles. The van der Waals surface area contributed by atoms with E-state index < -0.39 is 6.10 Å². The lowest BCUT2D eigenvalue weighted by Crippen LogP contribution is -2.46. The second-order valence-electron chi connectivity index (χ2n) is 7.23. The van der Waals surface area contributed by atoms with Gasteiger partial charge in [0.1, 0.15) is 22.8 Å². The van der Waals surface area contributed by atoms with Gasteiger partial charge in [-0.25, -0.2) is 0 Å². The Morgan fingerprint density at radius 3 is 2.61 bits per heavy atom. The summed E-state index contributed by atoms with van der Waals surface area (Å²) in [5, 5.41) is 3.17. The molecular formula is C23H29NO4. The van der Waals surface area contributed by atoms with Crippen LogP contribution in [-0.4, -0.2) is 24.7 Å². The molecule has 3 rings (SSSR count). The van der Waals surface area contributed by atoms with Gasteiger partial charge in [0, 0.05) is 18.1 Å². The fraction of sp³-hybridized carbons (Fsp3) is 0.435. The first kappa shape index (κ1) is 20.1. The molecule has 28 heavy (non-hydrogen) atoms. The Hall–Kier alpha value is -2.69. The van der Waals surface area contributed by atoms with Gasteiger partial charge >= 0.3 is 0 Å². The van der Waals surface area contributed by atoms with E-state index in [1.165, 1.54) is 0 Å². The van der Waals surface area contributed by atoms with E-state index in [1.807, 2.05) is 42.5 Å². The molecule has 2 aromatic rings. The number of nitrogens with one attached hydrogen (secondary N) is 1. The summed E-state index contributed by atoms with van der Waals surface area (Å²) in [4.78, 5) is 12.9. The molecule has 1 N–H and O–H groups in total. The molecule has 150 valence electrons. The molecule has 0 saturated carbocycles. The van der Waals surface area contributed by atoms with Crippen LogP contribution in [0.25, 0.3) is 0 Å². The number of carbonyl (C=O) groups is 1. The molecule has 0 aliphatic carbocycles. The summed E-state index contributed by atoms with van der Waals surface area (Å²) in [6.07, 6.45) is 1.90. The minimum Gasteiger partial charge on any atom is -0.497 e. The van der Waals surface area contributed by atoms with Gasteiger partial charge in [-0.2, -0.15) is 0 Å². The highest BCUT2D eigenvalue weighted by atomic mass is 16.5. The molecule has 2 atom stereocenters. The van der Waals surface area contributed by atoms with Crippen molar-refractivity contribution in [3.63, 3.8) is 0 Å². The van der Waals surface area contributed by atoms with Crippen molar-refractivity contribution in [2.24, 2.45) is 0 Å². The molecule has 1 aliphatic rings. The first-order chi connectivity index (χ1) is 13.5. The van der Waals surface area contributed by atoms with E-state index in [2.05, 4.69) is 19.2 Å². The Kier molecular flexibility index (Phi) is 6.12. The van der Waals surface area contributed by atoms with Gasteiger partial charge in [-0.3, -0.25) is 4.79 Å². The molecular weight excluding hydrogens is 354 g/mol. The van der Waals surface area contributed by atoms with Crippen molar-refractivity contribution in [1.29, 1.82) is 0 Å². The first-order valence-corrected chi connectivity index (χ1v) is 9.89. The molecule has 0 radical (unpaired) electrons. The third-order valence-corrected chi connectivity index (χ3v) is 5.53. The Morgan fingerprint density at radius 2 is 1.89 bits per heavy atom. The lowest BCUT2D eigenvalue weighted by molar-refractivity contribution is -0.128. The van der Waals surface area contributed by atoms with Crippen LogP contribution in [0.3, 0.4) is 0 Å². The molecule has 1 heterocycles. The van der Waals surface area contributed by atoms with Crippen LogP contribution in [0.15, 0.2) is 48.5 Å². The van der Waals surface area contributed by atoms with Gasteiger partial charge < -0.3 is 19.5 Å². The minimum atomic E-state index is -0.625. The van der Waals surface area contributed by atoms with E-state index in [0.717, 1.165) is 30.6 Å². The second-order valence-corrected chi connectivity index (χ2v) is 7.23. The average molecular weight is 383 g/mol. The molecule has 1 aliphatic heterocycles. The molecule has 1 amide bonds. The highest BCUT2D eigenvalue weighted by molar-refractivity contribution is 5.81. The number of amides is 1. The van der Waals surface area contributed by atoms with Crippen LogP contribution in [0, 0.1) is 0 Å². The fourth-order valence-electron chi connectivity index (χ4n) is 3.65. The molecule has 0 aromatic heterocycles. The van der Waals surface area contributed by atoms with E-state index in [0.29, 0.717) is 11.5 Å². The zero-order chi connectivity index (χ0) is 20.1. The van der Waals surface area contributed by atoms with Crippen molar-refractivity contribution in [3.8, 4) is 17.2 Å². The lowest BCUT2D eigenvalue weighted by atomic mass is 9.83. The number of fused-ring (bicyclic) bond motifs is 1. The summed E-state index contributed by atoms with van der Waals surface area (Å²) in [6, 6.07) is 15.1. The van der Waals surface area contributed by atoms with Crippen molar-refractivity contribution in [1.82, 2.24) is 5.32 Å². The van der Waals surface area contributed by atoms with Gasteiger partial charge in [0.05, 0.1) is 13.2 Å². The van der Waals surface area contributed by atoms with E-state index in [1.54, 1.807) is 20.1 Å². The Balaban J connectivity index is 1.74. The van der Waals surface area contributed by atoms with Crippen LogP contribution >= 0.6 is 0 Å². The normalized spacial score (nSPS) is 18.4. The summed E-state index contributed by atoms with van der Waals surface area (Å²) < 4.78 is 17.4. The quantitative estimate of drug-likeness (QED) is 0.755. The van der Waals surface area contributed by atoms with Crippen LogP contribution in [0.5, 0.6) is 17.2 Å².